The van der Waals surface area contributed by atoms with Gasteiger partial charge in [0.1, 0.15) is 0 Å². The maximum Gasteiger partial charge on any atom is 0.252 e. The van der Waals surface area contributed by atoms with Crippen molar-refractivity contribution < 1.29 is 0 Å². The van der Waals surface area contributed by atoms with Gasteiger partial charge in [0.25, 0.3) is 6.71 Å². The van der Waals surface area contributed by atoms with Crippen LogP contribution in [0.15, 0.2) is 188 Å². The Bertz CT molecular complexity index is 4930. The first-order valence-electron chi connectivity index (χ1n) is 34.2. The Morgan fingerprint density at radius 1 is 0.366 bits per heavy atom. The van der Waals surface area contributed by atoms with Gasteiger partial charge in [0.15, 0.2) is 0 Å². The Morgan fingerprint density at radius 3 is 1.23 bits per heavy atom. The van der Waals surface area contributed by atoms with Crippen LogP contribution < -0.4 is 31.1 Å². The van der Waals surface area contributed by atoms with Crippen LogP contribution in [0.25, 0.3) is 20.2 Å². The van der Waals surface area contributed by atoms with Gasteiger partial charge in [-0.1, -0.05) is 246 Å². The molecule has 0 saturated carbocycles. The second-order valence-electron chi connectivity index (χ2n) is 33.8. The molecule has 0 bridgehead atoms. The van der Waals surface area contributed by atoms with Crippen molar-refractivity contribution in [3.8, 4) is 0 Å². The van der Waals surface area contributed by atoms with Gasteiger partial charge in [0, 0.05) is 76.9 Å². The van der Waals surface area contributed by atoms with Crippen LogP contribution >= 0.6 is 11.3 Å². The fraction of sp³-hybridized carbons (Fsp3) is 0.318. The highest BCUT2D eigenvalue weighted by molar-refractivity contribution is 7.26. The van der Waals surface area contributed by atoms with E-state index in [1.165, 1.54) is 143 Å². The summed E-state index contributed by atoms with van der Waals surface area (Å²) >= 11 is 1.93. The van der Waals surface area contributed by atoms with Gasteiger partial charge in [-0.05, 0) is 190 Å². The van der Waals surface area contributed by atoms with E-state index < -0.39 is 0 Å². The maximum atomic E-state index is 2.78. The van der Waals surface area contributed by atoms with Crippen molar-refractivity contribution in [3.05, 3.63) is 260 Å². The standard InChI is InChI=1S/C88H90BN3S/c1-52-43-64-65(84(10,11)51-83(64,8)9)48-73(52)92-75-50-69-67(86(14,15)61-30-22-24-32-63(61)88(69,18)19)47-71(75)89-70-46-66-68(87(16,17)62-31-23-21-29-60(62)85(66,12)13)49-74(70)91(72-33-26-28-59-58-27-20-25-34-78(58)93-80(59)72)76-44-57(45-77(92)79(76)89)90(55-39-35-53(36-40-55)81(2,3)4)56-41-37-54(38-42-56)82(5,6)7/h20-50H,51H2,1-19H3. The molecule has 3 nitrogen and oxygen atoms in total. The summed E-state index contributed by atoms with van der Waals surface area (Å²) in [7, 11) is 0. The Kier molecular flexibility index (Phi) is 12.6. The summed E-state index contributed by atoms with van der Waals surface area (Å²) in [6, 6.07) is 75.1. The van der Waals surface area contributed by atoms with Crippen LogP contribution in [0.2, 0.25) is 0 Å². The molecule has 1 aromatic heterocycles. The molecule has 93 heavy (non-hydrogen) atoms. The molecule has 3 heterocycles. The molecule has 0 amide bonds. The summed E-state index contributed by atoms with van der Waals surface area (Å²) in [5.74, 6) is 0. The minimum atomic E-state index is -0.301. The second-order valence-corrected chi connectivity index (χ2v) is 34.9. The maximum absolute atomic E-state index is 2.78. The number of aryl methyl sites for hydroxylation is 1. The van der Waals surface area contributed by atoms with E-state index in [1.54, 1.807) is 0 Å². The molecule has 0 N–H and O–H groups in total. The van der Waals surface area contributed by atoms with E-state index in [0.717, 1.165) is 23.5 Å². The summed E-state index contributed by atoms with van der Waals surface area (Å²) < 4.78 is 2.59. The molecule has 0 radical (unpaired) electrons. The fourth-order valence-electron chi connectivity index (χ4n) is 18.4. The molecule has 0 fully saturated rings. The predicted molar refractivity (Wildman–Crippen MR) is 402 cm³/mol. The van der Waals surface area contributed by atoms with Gasteiger partial charge in [-0.25, -0.2) is 0 Å². The molecule has 0 unspecified atom stereocenters. The number of anilines is 9. The van der Waals surface area contributed by atoms with Gasteiger partial charge in [-0.2, -0.15) is 0 Å². The van der Waals surface area contributed by atoms with Crippen LogP contribution in [0.1, 0.15) is 203 Å². The molecular formula is C88H90BN3S. The van der Waals surface area contributed by atoms with Crippen molar-refractivity contribution in [2.24, 2.45) is 0 Å². The van der Waals surface area contributed by atoms with Crippen LogP contribution in [0.3, 0.4) is 0 Å². The summed E-state index contributed by atoms with van der Waals surface area (Å²) in [6.45, 7) is 46.0. The second kappa shape index (κ2) is 19.5. The van der Waals surface area contributed by atoms with E-state index in [1.807, 2.05) is 11.3 Å². The molecule has 0 saturated heterocycles. The number of rotatable bonds is 5. The Labute approximate surface area is 558 Å². The highest BCUT2D eigenvalue weighted by Gasteiger charge is 2.52. The molecular weight excluding hydrogens is 1140 g/mol. The Morgan fingerprint density at radius 2 is 0.763 bits per heavy atom. The van der Waals surface area contributed by atoms with E-state index in [9.17, 15) is 0 Å². The Balaban J connectivity index is 1.10. The van der Waals surface area contributed by atoms with Crippen LogP contribution in [-0.4, -0.2) is 6.71 Å². The van der Waals surface area contributed by atoms with Crippen LogP contribution in [0.5, 0.6) is 0 Å². The average Bonchev–Trinajstić information content (AvgIpc) is 1.08. The topological polar surface area (TPSA) is 9.72 Å². The molecule has 5 aliphatic rings. The monoisotopic (exact) mass is 1230 g/mol. The quantitative estimate of drug-likeness (QED) is 0.159. The van der Waals surface area contributed by atoms with Crippen LogP contribution in [0, 0.1) is 6.92 Å². The van der Waals surface area contributed by atoms with Crippen LogP contribution in [-0.2, 0) is 43.3 Å². The number of thiophene rings is 1. The lowest BCUT2D eigenvalue weighted by atomic mass is 9.32. The smallest absolute Gasteiger partial charge is 0.252 e. The minimum absolute atomic E-state index is 0.0221. The van der Waals surface area contributed by atoms with E-state index in [0.29, 0.717) is 0 Å². The van der Waals surface area contributed by atoms with Crippen molar-refractivity contribution in [3.63, 3.8) is 0 Å². The third-order valence-corrected chi connectivity index (χ3v) is 24.6. The van der Waals surface area contributed by atoms with E-state index in [4.69, 9.17) is 0 Å². The first-order chi connectivity index (χ1) is 43.8. The number of hydrogen-bond donors (Lipinski definition) is 0. The van der Waals surface area contributed by atoms with Crippen molar-refractivity contribution in [2.45, 2.75) is 181 Å². The summed E-state index contributed by atoms with van der Waals surface area (Å²) in [4.78, 5) is 8.10. The van der Waals surface area contributed by atoms with E-state index in [2.05, 4.69) is 334 Å². The van der Waals surface area contributed by atoms with Gasteiger partial charge >= 0.3 is 0 Å². The molecule has 466 valence electrons. The highest BCUT2D eigenvalue weighted by atomic mass is 32.1. The number of benzene rings is 10. The van der Waals surface area contributed by atoms with Gasteiger partial charge < -0.3 is 14.7 Å². The van der Waals surface area contributed by atoms with Gasteiger partial charge in [-0.15, -0.1) is 11.3 Å². The van der Waals surface area contributed by atoms with E-state index >= 15 is 0 Å². The molecule has 2 aliphatic heterocycles. The zero-order valence-electron chi connectivity index (χ0n) is 58.4. The lowest BCUT2D eigenvalue weighted by Crippen LogP contribution is -2.62. The fourth-order valence-corrected chi connectivity index (χ4v) is 19.7. The third-order valence-electron chi connectivity index (χ3n) is 23.4. The van der Waals surface area contributed by atoms with Crippen molar-refractivity contribution in [1.29, 1.82) is 0 Å². The largest absolute Gasteiger partial charge is 0.311 e. The van der Waals surface area contributed by atoms with Crippen LogP contribution in [0.4, 0.5) is 51.2 Å². The first-order valence-corrected chi connectivity index (χ1v) is 35.0. The molecule has 3 aliphatic carbocycles. The third kappa shape index (κ3) is 8.52. The zero-order chi connectivity index (χ0) is 65.4. The summed E-state index contributed by atoms with van der Waals surface area (Å²) in [5, 5.41) is 2.59. The lowest BCUT2D eigenvalue weighted by molar-refractivity contribution is 0.403. The van der Waals surface area contributed by atoms with Gasteiger partial charge in [0.05, 0.1) is 16.1 Å². The average molecular weight is 1230 g/mol. The highest BCUT2D eigenvalue weighted by Crippen LogP contribution is 2.59. The summed E-state index contributed by atoms with van der Waals surface area (Å²) in [6.07, 6.45) is 1.09. The predicted octanol–water partition coefficient (Wildman–Crippen LogP) is 22.4. The van der Waals surface area contributed by atoms with Gasteiger partial charge in [-0.3, -0.25) is 0 Å². The molecule has 0 atom stereocenters. The number of hydrogen-bond acceptors (Lipinski definition) is 4. The zero-order valence-corrected chi connectivity index (χ0v) is 59.2. The first kappa shape index (κ1) is 59.9. The van der Waals surface area contributed by atoms with Crippen molar-refractivity contribution in [1.82, 2.24) is 0 Å². The summed E-state index contributed by atoms with van der Waals surface area (Å²) in [5.41, 5.74) is 31.6. The number of fused-ring (bicyclic) bond motifs is 12. The van der Waals surface area contributed by atoms with Gasteiger partial charge in [0.2, 0.25) is 0 Å². The van der Waals surface area contributed by atoms with E-state index in [-0.39, 0.29) is 50.0 Å². The molecule has 0 spiro atoms. The Hall–Kier alpha value is -8.12. The molecule has 16 rings (SSSR count). The minimum Gasteiger partial charge on any atom is -0.311 e. The normalized spacial score (nSPS) is 17.8. The number of nitrogens with zero attached hydrogens (tertiary/aromatic N) is 3. The lowest BCUT2D eigenvalue weighted by Gasteiger charge is -2.50. The SMILES string of the molecule is Cc1cc2c(cc1N1c3cc4c(cc3B3c5cc6c(cc5N(c5cccc7c5sc5ccccc57)c5cc(N(c7ccc(C(C)(C)C)cc7)c7ccc(C(C)(C)C)cc7)cc1c53)C(C)(C)c1ccccc1C6(C)C)C(C)(C)c1ccccc1C4(C)C)C(C)(C)CC2(C)C. The van der Waals surface area contributed by atoms with Crippen molar-refractivity contribution >= 4 is 106 Å². The molecule has 11 aromatic rings. The molecule has 5 heteroatoms. The van der Waals surface area contributed by atoms with Crippen molar-refractivity contribution in [2.75, 3.05) is 14.7 Å². The molecule has 10 aromatic carbocycles.